The van der Waals surface area contributed by atoms with Crippen LogP contribution in [-0.4, -0.2) is 11.1 Å². The normalized spacial score (nSPS) is 10.8. The van der Waals surface area contributed by atoms with Gasteiger partial charge in [0, 0.05) is 5.57 Å². The topological polar surface area (TPSA) is 46.5 Å². The van der Waals surface area contributed by atoms with Gasteiger partial charge in [0.1, 0.15) is 6.61 Å². The fraction of sp³-hybridized carbons (Fsp3) is 0.323. The molecule has 0 aliphatic heterocycles. The highest BCUT2D eigenvalue weighted by Crippen LogP contribution is 2.30. The average Bonchev–Trinajstić information content (AvgIpc) is 2.87. The summed E-state index contributed by atoms with van der Waals surface area (Å²) in [5.74, 6) is -0.393. The van der Waals surface area contributed by atoms with Gasteiger partial charge in [0.25, 0.3) is 0 Å². The molecule has 34 heavy (non-hydrogen) atoms. The molecule has 0 fully saturated rings. The number of aryl methyl sites for hydroxylation is 1. The van der Waals surface area contributed by atoms with Crippen molar-refractivity contribution in [3.8, 4) is 22.3 Å². The third-order valence-electron chi connectivity index (χ3n) is 6.12. The Balaban J connectivity index is 1.81. The fourth-order valence-corrected chi connectivity index (χ4v) is 4.03. The van der Waals surface area contributed by atoms with E-state index in [-0.39, 0.29) is 13.2 Å². The molecule has 0 unspecified atom stereocenters. The Labute approximate surface area is 204 Å². The zero-order chi connectivity index (χ0) is 24.3. The third kappa shape index (κ3) is 7.16. The minimum atomic E-state index is -0.393. The van der Waals surface area contributed by atoms with Crippen molar-refractivity contribution >= 4 is 5.97 Å². The molecule has 178 valence electrons. The Morgan fingerprint density at radius 3 is 2.09 bits per heavy atom. The Hall–Kier alpha value is -3.17. The standard InChI is InChI=1S/C31H36O3/c1-4-5-6-7-8-9-24-10-14-26(15-11-24)28-18-19-30(27-16-12-25(21-32)13-17-27)29(20-28)22-34-31(33)23(2)3/h10-20,32H,2,4-9,21-22H2,1,3H3. The van der Waals surface area contributed by atoms with Crippen LogP contribution in [0.1, 0.15) is 62.6 Å². The first-order valence-electron chi connectivity index (χ1n) is 12.3. The summed E-state index contributed by atoms with van der Waals surface area (Å²) in [5.41, 5.74) is 7.81. The van der Waals surface area contributed by atoms with E-state index >= 15 is 0 Å². The fourth-order valence-electron chi connectivity index (χ4n) is 4.03. The molecule has 3 aromatic rings. The van der Waals surface area contributed by atoms with Gasteiger partial charge < -0.3 is 9.84 Å². The van der Waals surface area contributed by atoms with Crippen LogP contribution in [0.5, 0.6) is 0 Å². The van der Waals surface area contributed by atoms with Crippen molar-refractivity contribution in [2.45, 2.75) is 65.6 Å². The van der Waals surface area contributed by atoms with Crippen molar-refractivity contribution in [2.24, 2.45) is 0 Å². The van der Waals surface area contributed by atoms with E-state index in [2.05, 4.69) is 56.0 Å². The van der Waals surface area contributed by atoms with Crippen LogP contribution < -0.4 is 0 Å². The molecule has 0 amide bonds. The third-order valence-corrected chi connectivity index (χ3v) is 6.12. The molecule has 0 radical (unpaired) electrons. The van der Waals surface area contributed by atoms with Gasteiger partial charge in [-0.2, -0.15) is 0 Å². The maximum Gasteiger partial charge on any atom is 0.333 e. The number of carbonyl (C=O) groups excluding carboxylic acids is 1. The first-order valence-corrected chi connectivity index (χ1v) is 12.3. The molecule has 0 bridgehead atoms. The Kier molecular flexibility index (Phi) is 9.66. The molecule has 3 aromatic carbocycles. The van der Waals surface area contributed by atoms with E-state index in [1.54, 1.807) is 6.92 Å². The van der Waals surface area contributed by atoms with Crippen molar-refractivity contribution in [3.05, 3.63) is 95.6 Å². The summed E-state index contributed by atoms with van der Waals surface area (Å²) in [4.78, 5) is 12.0. The molecular formula is C31H36O3. The van der Waals surface area contributed by atoms with Crippen LogP contribution in [0, 0.1) is 0 Å². The van der Waals surface area contributed by atoms with Crippen LogP contribution in [0.2, 0.25) is 0 Å². The van der Waals surface area contributed by atoms with Crippen molar-refractivity contribution in [1.29, 1.82) is 0 Å². The van der Waals surface area contributed by atoms with Crippen LogP contribution in [0.25, 0.3) is 22.3 Å². The molecule has 0 spiro atoms. The lowest BCUT2D eigenvalue weighted by Gasteiger charge is -2.14. The van der Waals surface area contributed by atoms with E-state index in [0.717, 1.165) is 39.8 Å². The maximum absolute atomic E-state index is 12.0. The molecule has 0 saturated heterocycles. The number of ether oxygens (including phenoxy) is 1. The van der Waals surface area contributed by atoms with E-state index < -0.39 is 5.97 Å². The van der Waals surface area contributed by atoms with Gasteiger partial charge in [-0.3, -0.25) is 0 Å². The lowest BCUT2D eigenvalue weighted by molar-refractivity contribution is -0.140. The van der Waals surface area contributed by atoms with Gasteiger partial charge in [0.2, 0.25) is 0 Å². The van der Waals surface area contributed by atoms with Gasteiger partial charge in [-0.25, -0.2) is 4.79 Å². The highest BCUT2D eigenvalue weighted by atomic mass is 16.5. The van der Waals surface area contributed by atoms with Crippen molar-refractivity contribution in [2.75, 3.05) is 0 Å². The summed E-state index contributed by atoms with van der Waals surface area (Å²) in [6.45, 7) is 7.76. The molecule has 0 atom stereocenters. The number of unbranched alkanes of at least 4 members (excludes halogenated alkanes) is 4. The van der Waals surface area contributed by atoms with Crippen molar-refractivity contribution < 1.29 is 14.6 Å². The SMILES string of the molecule is C=C(C)C(=O)OCc1cc(-c2ccc(CCCCCCC)cc2)ccc1-c1ccc(CO)cc1. The largest absolute Gasteiger partial charge is 0.457 e. The summed E-state index contributed by atoms with van der Waals surface area (Å²) < 4.78 is 5.50. The monoisotopic (exact) mass is 456 g/mol. The number of benzene rings is 3. The van der Waals surface area contributed by atoms with Crippen molar-refractivity contribution in [1.82, 2.24) is 0 Å². The second-order valence-corrected chi connectivity index (χ2v) is 8.94. The Bertz CT molecular complexity index is 1080. The zero-order valence-corrected chi connectivity index (χ0v) is 20.5. The molecule has 3 rings (SSSR count). The number of aliphatic hydroxyl groups is 1. The Morgan fingerprint density at radius 1 is 0.824 bits per heavy atom. The lowest BCUT2D eigenvalue weighted by Crippen LogP contribution is -2.06. The summed E-state index contributed by atoms with van der Waals surface area (Å²) in [7, 11) is 0. The summed E-state index contributed by atoms with van der Waals surface area (Å²) in [6.07, 6.45) is 7.57. The maximum atomic E-state index is 12.0. The molecular weight excluding hydrogens is 420 g/mol. The predicted molar refractivity (Wildman–Crippen MR) is 140 cm³/mol. The zero-order valence-electron chi connectivity index (χ0n) is 20.5. The summed E-state index contributed by atoms with van der Waals surface area (Å²) >= 11 is 0. The number of hydrogen-bond donors (Lipinski definition) is 1. The average molecular weight is 457 g/mol. The molecule has 0 aromatic heterocycles. The number of aliphatic hydroxyl groups excluding tert-OH is 1. The molecule has 0 heterocycles. The molecule has 3 nitrogen and oxygen atoms in total. The first-order chi connectivity index (χ1) is 16.5. The minimum absolute atomic E-state index is 0.0109. The second-order valence-electron chi connectivity index (χ2n) is 8.94. The van der Waals surface area contributed by atoms with Gasteiger partial charge in [-0.1, -0.05) is 99.8 Å². The summed E-state index contributed by atoms with van der Waals surface area (Å²) in [6, 6.07) is 22.9. The quantitative estimate of drug-likeness (QED) is 0.173. The van der Waals surface area contributed by atoms with Gasteiger partial charge in [-0.05, 0) is 64.8 Å². The lowest BCUT2D eigenvalue weighted by atomic mass is 9.94. The van der Waals surface area contributed by atoms with Crippen LogP contribution in [0.4, 0.5) is 0 Å². The number of hydrogen-bond acceptors (Lipinski definition) is 3. The van der Waals surface area contributed by atoms with Crippen LogP contribution in [-0.2, 0) is 29.2 Å². The number of rotatable bonds is 12. The Morgan fingerprint density at radius 2 is 1.44 bits per heavy atom. The molecule has 0 aliphatic rings. The highest BCUT2D eigenvalue weighted by Gasteiger charge is 2.11. The van der Waals surface area contributed by atoms with E-state index in [9.17, 15) is 9.90 Å². The van der Waals surface area contributed by atoms with Crippen LogP contribution in [0.3, 0.4) is 0 Å². The number of carbonyl (C=O) groups is 1. The van der Waals surface area contributed by atoms with Gasteiger partial charge in [-0.15, -0.1) is 0 Å². The van der Waals surface area contributed by atoms with E-state index in [1.807, 2.05) is 24.3 Å². The smallest absolute Gasteiger partial charge is 0.333 e. The first kappa shape index (κ1) is 25.5. The van der Waals surface area contributed by atoms with Crippen LogP contribution in [0.15, 0.2) is 78.9 Å². The second kappa shape index (κ2) is 12.9. The van der Waals surface area contributed by atoms with Gasteiger partial charge in [0.15, 0.2) is 0 Å². The van der Waals surface area contributed by atoms with E-state index in [1.165, 1.54) is 37.7 Å². The van der Waals surface area contributed by atoms with Gasteiger partial charge in [0.05, 0.1) is 6.61 Å². The molecule has 3 heteroatoms. The predicted octanol–water partition coefficient (Wildman–Crippen LogP) is 7.65. The van der Waals surface area contributed by atoms with Crippen LogP contribution >= 0.6 is 0 Å². The highest BCUT2D eigenvalue weighted by molar-refractivity contribution is 5.87. The number of esters is 1. The van der Waals surface area contributed by atoms with E-state index in [4.69, 9.17) is 4.74 Å². The summed E-state index contributed by atoms with van der Waals surface area (Å²) in [5, 5.41) is 9.35. The minimum Gasteiger partial charge on any atom is -0.457 e. The van der Waals surface area contributed by atoms with Gasteiger partial charge >= 0.3 is 5.97 Å². The molecule has 0 saturated carbocycles. The molecule has 1 N–H and O–H groups in total. The molecule has 0 aliphatic carbocycles. The van der Waals surface area contributed by atoms with E-state index in [0.29, 0.717) is 5.57 Å². The van der Waals surface area contributed by atoms with Crippen molar-refractivity contribution in [3.63, 3.8) is 0 Å².